The minimum Gasteiger partial charge on any atom is -0.335 e. The summed E-state index contributed by atoms with van der Waals surface area (Å²) < 4.78 is 0.664. The molecule has 3 nitrogen and oxygen atoms in total. The number of amides is 1. The van der Waals surface area contributed by atoms with Crippen LogP contribution in [0.4, 0.5) is 0 Å². The summed E-state index contributed by atoms with van der Waals surface area (Å²) in [5.41, 5.74) is 0.701. The molecule has 0 bridgehead atoms. The van der Waals surface area contributed by atoms with Crippen molar-refractivity contribution in [1.29, 1.82) is 0 Å². The van der Waals surface area contributed by atoms with E-state index in [1.54, 1.807) is 6.20 Å². The quantitative estimate of drug-likeness (QED) is 0.779. The summed E-state index contributed by atoms with van der Waals surface area (Å²) in [7, 11) is 0. The van der Waals surface area contributed by atoms with Crippen LogP contribution < -0.4 is 0 Å². The summed E-state index contributed by atoms with van der Waals surface area (Å²) in [6.45, 7) is 0.904. The Hall–Kier alpha value is -0.900. The van der Waals surface area contributed by atoms with Crippen molar-refractivity contribution in [3.8, 4) is 0 Å². The van der Waals surface area contributed by atoms with Gasteiger partial charge in [-0.1, -0.05) is 12.8 Å². The van der Waals surface area contributed by atoms with Crippen LogP contribution in [0.1, 0.15) is 48.9 Å². The molecule has 2 fully saturated rings. The Morgan fingerprint density at radius 3 is 2.79 bits per heavy atom. The second-order valence-corrected chi connectivity index (χ2v) is 6.35. The molecule has 102 valence electrons. The molecule has 1 aliphatic carbocycles. The lowest BCUT2D eigenvalue weighted by Gasteiger charge is -2.29. The molecule has 2 heterocycles. The van der Waals surface area contributed by atoms with Crippen LogP contribution in [0.5, 0.6) is 0 Å². The maximum absolute atomic E-state index is 12.7. The minimum absolute atomic E-state index is 0.148. The molecule has 0 spiro atoms. The lowest BCUT2D eigenvalue weighted by molar-refractivity contribution is 0.0687. The molecule has 0 N–H and O–H groups in total. The summed E-state index contributed by atoms with van der Waals surface area (Å²) in [5, 5.41) is 0. The normalized spacial score (nSPS) is 24.1. The van der Waals surface area contributed by atoms with Crippen molar-refractivity contribution in [3.63, 3.8) is 0 Å². The Morgan fingerprint density at radius 1 is 1.26 bits per heavy atom. The summed E-state index contributed by atoms with van der Waals surface area (Å²) >= 11 is 3.39. The van der Waals surface area contributed by atoms with Crippen LogP contribution in [0.25, 0.3) is 0 Å². The van der Waals surface area contributed by atoms with Gasteiger partial charge < -0.3 is 4.90 Å². The molecule has 1 atom stereocenters. The van der Waals surface area contributed by atoms with E-state index in [-0.39, 0.29) is 5.91 Å². The molecule has 2 aliphatic rings. The fourth-order valence-electron chi connectivity index (χ4n) is 3.58. The van der Waals surface area contributed by atoms with Gasteiger partial charge >= 0.3 is 0 Å². The Kier molecular flexibility index (Phi) is 3.87. The summed E-state index contributed by atoms with van der Waals surface area (Å²) in [6, 6.07) is 4.16. The Balaban J connectivity index is 1.80. The molecule has 1 amide bonds. The molecule has 1 saturated carbocycles. The van der Waals surface area contributed by atoms with Crippen molar-refractivity contribution >= 4 is 21.8 Å². The van der Waals surface area contributed by atoms with Gasteiger partial charge in [0.25, 0.3) is 5.91 Å². The molecule has 0 aromatic carbocycles. The van der Waals surface area contributed by atoms with Gasteiger partial charge in [-0.2, -0.15) is 0 Å². The predicted molar refractivity (Wildman–Crippen MR) is 78.0 cm³/mol. The van der Waals surface area contributed by atoms with E-state index in [2.05, 4.69) is 25.8 Å². The number of hydrogen-bond donors (Lipinski definition) is 0. The predicted octanol–water partition coefficient (Wildman–Crippen LogP) is 3.64. The number of carbonyl (C=O) groups is 1. The highest BCUT2D eigenvalue weighted by Crippen LogP contribution is 2.36. The first-order valence-electron chi connectivity index (χ1n) is 7.19. The van der Waals surface area contributed by atoms with Crippen LogP contribution in [-0.2, 0) is 0 Å². The van der Waals surface area contributed by atoms with Crippen molar-refractivity contribution < 1.29 is 4.79 Å². The van der Waals surface area contributed by atoms with Gasteiger partial charge in [0.05, 0.1) is 5.56 Å². The van der Waals surface area contributed by atoms with E-state index >= 15 is 0 Å². The highest BCUT2D eigenvalue weighted by atomic mass is 79.9. The number of aromatic nitrogens is 1. The van der Waals surface area contributed by atoms with Gasteiger partial charge in [0.15, 0.2) is 0 Å². The van der Waals surface area contributed by atoms with Gasteiger partial charge in [0.1, 0.15) is 4.60 Å². The fourth-order valence-corrected chi connectivity index (χ4v) is 4.00. The van der Waals surface area contributed by atoms with Crippen molar-refractivity contribution in [1.82, 2.24) is 9.88 Å². The van der Waals surface area contributed by atoms with Crippen LogP contribution in [0.3, 0.4) is 0 Å². The summed E-state index contributed by atoms with van der Waals surface area (Å²) in [6.07, 6.45) is 9.28. The summed E-state index contributed by atoms with van der Waals surface area (Å²) in [5.74, 6) is 0.872. The monoisotopic (exact) mass is 322 g/mol. The van der Waals surface area contributed by atoms with E-state index in [9.17, 15) is 4.79 Å². The van der Waals surface area contributed by atoms with Gasteiger partial charge in [-0.15, -0.1) is 0 Å². The van der Waals surface area contributed by atoms with Crippen LogP contribution >= 0.6 is 15.9 Å². The van der Waals surface area contributed by atoms with Gasteiger partial charge in [0.2, 0.25) is 0 Å². The van der Waals surface area contributed by atoms with Gasteiger partial charge in [0, 0.05) is 18.8 Å². The highest BCUT2D eigenvalue weighted by Gasteiger charge is 2.36. The molecule has 1 unspecified atom stereocenters. The molecular weight excluding hydrogens is 304 g/mol. The number of hydrogen-bond acceptors (Lipinski definition) is 2. The Labute approximate surface area is 122 Å². The van der Waals surface area contributed by atoms with Crippen LogP contribution in [0.2, 0.25) is 0 Å². The van der Waals surface area contributed by atoms with E-state index in [4.69, 9.17) is 0 Å². The average Bonchev–Trinajstić information content (AvgIpc) is 3.09. The van der Waals surface area contributed by atoms with Crippen molar-refractivity contribution in [2.45, 2.75) is 44.6 Å². The van der Waals surface area contributed by atoms with Crippen molar-refractivity contribution in [2.24, 2.45) is 5.92 Å². The van der Waals surface area contributed by atoms with E-state index in [1.807, 2.05) is 12.1 Å². The zero-order valence-electron chi connectivity index (χ0n) is 11.0. The first kappa shape index (κ1) is 13.1. The Bertz CT molecular complexity index is 471. The zero-order valence-corrected chi connectivity index (χ0v) is 12.6. The standard InChI is InChI=1S/C15H19BrN2O/c16-14-12(7-3-9-17-14)15(19)18-10-4-8-13(18)11-5-1-2-6-11/h3,7,9,11,13H,1-2,4-6,8,10H2. The lowest BCUT2D eigenvalue weighted by atomic mass is 9.95. The molecule has 4 heteroatoms. The second-order valence-electron chi connectivity index (χ2n) is 5.59. The molecule has 0 radical (unpaired) electrons. The van der Waals surface area contributed by atoms with Gasteiger partial charge in [-0.05, 0) is 59.7 Å². The molecule has 1 aromatic rings. The number of pyridine rings is 1. The molecule has 19 heavy (non-hydrogen) atoms. The summed E-state index contributed by atoms with van der Waals surface area (Å²) in [4.78, 5) is 18.9. The third-order valence-corrected chi connectivity index (χ3v) is 5.13. The topological polar surface area (TPSA) is 33.2 Å². The Morgan fingerprint density at radius 2 is 2.05 bits per heavy atom. The zero-order chi connectivity index (χ0) is 13.2. The van der Waals surface area contributed by atoms with Crippen molar-refractivity contribution in [3.05, 3.63) is 28.5 Å². The maximum atomic E-state index is 12.7. The van der Waals surface area contributed by atoms with Gasteiger partial charge in [-0.3, -0.25) is 4.79 Å². The lowest BCUT2D eigenvalue weighted by Crippen LogP contribution is -2.39. The number of carbonyl (C=O) groups excluding carboxylic acids is 1. The molecule has 1 aromatic heterocycles. The third kappa shape index (κ3) is 2.55. The number of halogens is 1. The average molecular weight is 323 g/mol. The number of nitrogens with zero attached hydrogens (tertiary/aromatic N) is 2. The van der Waals surface area contributed by atoms with Crippen LogP contribution in [0, 0.1) is 5.92 Å². The third-order valence-electron chi connectivity index (χ3n) is 4.49. The maximum Gasteiger partial charge on any atom is 0.256 e. The minimum atomic E-state index is 0.148. The number of likely N-dealkylation sites (tertiary alicyclic amines) is 1. The van der Waals surface area contributed by atoms with Crippen LogP contribution in [-0.4, -0.2) is 28.4 Å². The van der Waals surface area contributed by atoms with E-state index in [0.29, 0.717) is 16.2 Å². The van der Waals surface area contributed by atoms with E-state index < -0.39 is 0 Å². The fraction of sp³-hybridized carbons (Fsp3) is 0.600. The molecular formula is C15H19BrN2O. The molecule has 1 saturated heterocycles. The van der Waals surface area contributed by atoms with Crippen LogP contribution in [0.15, 0.2) is 22.9 Å². The molecule has 3 rings (SSSR count). The van der Waals surface area contributed by atoms with Crippen molar-refractivity contribution in [2.75, 3.05) is 6.54 Å². The highest BCUT2D eigenvalue weighted by molar-refractivity contribution is 9.10. The first-order valence-corrected chi connectivity index (χ1v) is 7.98. The first-order chi connectivity index (χ1) is 9.27. The SMILES string of the molecule is O=C(c1cccnc1Br)N1CCCC1C1CCCC1. The van der Waals surface area contributed by atoms with Gasteiger partial charge in [-0.25, -0.2) is 4.98 Å². The van der Waals surface area contributed by atoms with E-state index in [1.165, 1.54) is 32.1 Å². The number of rotatable bonds is 2. The van der Waals surface area contributed by atoms with E-state index in [0.717, 1.165) is 18.9 Å². The largest absolute Gasteiger partial charge is 0.335 e. The smallest absolute Gasteiger partial charge is 0.256 e. The molecule has 1 aliphatic heterocycles. The second kappa shape index (κ2) is 5.61.